The number of anilines is 1. The van der Waals surface area contributed by atoms with Gasteiger partial charge in [-0.15, -0.1) is 0 Å². The highest BCUT2D eigenvalue weighted by atomic mass is 35.5. The Balaban J connectivity index is 2.82. The molecule has 0 saturated carbocycles. The van der Waals surface area contributed by atoms with Crippen LogP contribution < -0.4 is 5.32 Å². The Morgan fingerprint density at radius 3 is 2.32 bits per heavy atom. The maximum atomic E-state index is 12.5. The van der Waals surface area contributed by atoms with E-state index in [1.165, 1.54) is 0 Å². The fourth-order valence-corrected chi connectivity index (χ4v) is 1.47. The van der Waals surface area contributed by atoms with Gasteiger partial charge in [-0.1, -0.05) is 39.3 Å². The van der Waals surface area contributed by atoms with Crippen molar-refractivity contribution in [2.45, 2.75) is 33.9 Å². The lowest BCUT2D eigenvalue weighted by atomic mass is 9.81. The highest BCUT2D eigenvalue weighted by molar-refractivity contribution is 6.32. The molecule has 0 aliphatic carbocycles. The first-order valence-corrected chi connectivity index (χ1v) is 6.38. The number of hydrogen-bond donors (Lipinski definition) is 1. The second kappa shape index (κ2) is 5.57. The maximum Gasteiger partial charge on any atom is 0.417 e. The third kappa shape index (κ3) is 4.27. The standard InChI is InChI=1S/C13H18ClF3N2/c1-8(2)12(3,4)7-19-11-10(14)5-9(6-18-11)13(15,16)17/h5-6,8H,7H2,1-4H3,(H,18,19). The second-order valence-corrected chi connectivity index (χ2v) is 5.96. The Kier molecular flexibility index (Phi) is 4.72. The molecule has 0 bridgehead atoms. The van der Waals surface area contributed by atoms with Crippen LogP contribution in [0.1, 0.15) is 33.3 Å². The van der Waals surface area contributed by atoms with Crippen molar-refractivity contribution in [2.24, 2.45) is 11.3 Å². The number of nitrogens with zero attached hydrogens (tertiary/aromatic N) is 1. The summed E-state index contributed by atoms with van der Waals surface area (Å²) < 4.78 is 37.4. The van der Waals surface area contributed by atoms with Crippen molar-refractivity contribution >= 4 is 17.4 Å². The number of rotatable bonds is 4. The molecule has 0 unspecified atom stereocenters. The van der Waals surface area contributed by atoms with E-state index in [-0.39, 0.29) is 16.3 Å². The molecule has 0 spiro atoms. The smallest absolute Gasteiger partial charge is 0.368 e. The first kappa shape index (κ1) is 16.1. The van der Waals surface area contributed by atoms with Crippen molar-refractivity contribution in [1.82, 2.24) is 4.98 Å². The Bertz CT molecular complexity index is 442. The van der Waals surface area contributed by atoms with Crippen LogP contribution in [0, 0.1) is 11.3 Å². The van der Waals surface area contributed by atoms with Crippen LogP contribution in [0.5, 0.6) is 0 Å². The Morgan fingerprint density at radius 1 is 1.32 bits per heavy atom. The van der Waals surface area contributed by atoms with E-state index in [0.29, 0.717) is 12.5 Å². The van der Waals surface area contributed by atoms with Crippen LogP contribution in [0.2, 0.25) is 5.02 Å². The normalized spacial score (nSPS) is 12.9. The quantitative estimate of drug-likeness (QED) is 0.859. The molecule has 1 N–H and O–H groups in total. The molecule has 0 saturated heterocycles. The minimum atomic E-state index is -4.42. The highest BCUT2D eigenvalue weighted by Crippen LogP contribution is 2.33. The summed E-state index contributed by atoms with van der Waals surface area (Å²) in [5, 5.41) is 2.98. The molecule has 2 nitrogen and oxygen atoms in total. The van der Waals surface area contributed by atoms with Gasteiger partial charge < -0.3 is 5.32 Å². The fourth-order valence-electron chi connectivity index (χ4n) is 1.24. The summed E-state index contributed by atoms with van der Waals surface area (Å²) in [4.78, 5) is 3.74. The van der Waals surface area contributed by atoms with Gasteiger partial charge in [-0.2, -0.15) is 13.2 Å². The van der Waals surface area contributed by atoms with Gasteiger partial charge in [-0.25, -0.2) is 4.98 Å². The van der Waals surface area contributed by atoms with Crippen molar-refractivity contribution in [1.29, 1.82) is 0 Å². The zero-order valence-corrected chi connectivity index (χ0v) is 12.2. The van der Waals surface area contributed by atoms with E-state index in [1.54, 1.807) is 0 Å². The molecule has 1 heterocycles. The fraction of sp³-hybridized carbons (Fsp3) is 0.615. The first-order chi connectivity index (χ1) is 8.54. The van der Waals surface area contributed by atoms with E-state index in [2.05, 4.69) is 38.0 Å². The first-order valence-electron chi connectivity index (χ1n) is 6.00. The van der Waals surface area contributed by atoms with Crippen LogP contribution in [0.3, 0.4) is 0 Å². The summed E-state index contributed by atoms with van der Waals surface area (Å²) in [5.74, 6) is 0.705. The van der Waals surface area contributed by atoms with Gasteiger partial charge in [0.1, 0.15) is 5.82 Å². The van der Waals surface area contributed by atoms with Gasteiger partial charge in [-0.05, 0) is 17.4 Å². The second-order valence-electron chi connectivity index (χ2n) is 5.55. The average molecular weight is 295 g/mol. The van der Waals surface area contributed by atoms with Crippen molar-refractivity contribution < 1.29 is 13.2 Å². The monoisotopic (exact) mass is 294 g/mol. The lowest BCUT2D eigenvalue weighted by Crippen LogP contribution is -2.28. The summed E-state index contributed by atoms with van der Waals surface area (Å²) >= 11 is 5.82. The zero-order valence-electron chi connectivity index (χ0n) is 11.4. The molecular formula is C13H18ClF3N2. The van der Waals surface area contributed by atoms with Gasteiger partial charge in [0, 0.05) is 12.7 Å². The summed E-state index contributed by atoms with van der Waals surface area (Å²) in [6.07, 6.45) is -3.64. The molecule has 0 aliphatic heterocycles. The highest BCUT2D eigenvalue weighted by Gasteiger charge is 2.31. The molecular weight excluding hydrogens is 277 g/mol. The Labute approximate surface area is 116 Å². The average Bonchev–Trinajstić information content (AvgIpc) is 2.25. The topological polar surface area (TPSA) is 24.9 Å². The van der Waals surface area contributed by atoms with E-state index in [4.69, 9.17) is 11.6 Å². The van der Waals surface area contributed by atoms with E-state index >= 15 is 0 Å². The van der Waals surface area contributed by atoms with Gasteiger partial charge >= 0.3 is 6.18 Å². The summed E-state index contributed by atoms with van der Waals surface area (Å²) in [6.45, 7) is 8.90. The number of alkyl halides is 3. The van der Waals surface area contributed by atoms with Crippen LogP contribution >= 0.6 is 11.6 Å². The molecule has 19 heavy (non-hydrogen) atoms. The van der Waals surface area contributed by atoms with Gasteiger partial charge in [0.2, 0.25) is 0 Å². The predicted molar refractivity (Wildman–Crippen MR) is 71.4 cm³/mol. The van der Waals surface area contributed by atoms with E-state index < -0.39 is 11.7 Å². The molecule has 0 aliphatic rings. The molecule has 0 atom stereocenters. The molecule has 0 aromatic carbocycles. The lowest BCUT2D eigenvalue weighted by molar-refractivity contribution is -0.137. The lowest BCUT2D eigenvalue weighted by Gasteiger charge is -2.29. The summed E-state index contributed by atoms with van der Waals surface area (Å²) in [7, 11) is 0. The third-order valence-electron chi connectivity index (χ3n) is 3.44. The van der Waals surface area contributed by atoms with Gasteiger partial charge in [0.25, 0.3) is 0 Å². The van der Waals surface area contributed by atoms with E-state index in [1.807, 2.05) is 0 Å². The Hall–Kier alpha value is -0.970. The molecule has 0 amide bonds. The predicted octanol–water partition coefficient (Wildman–Crippen LogP) is 4.85. The molecule has 6 heteroatoms. The largest absolute Gasteiger partial charge is 0.417 e. The van der Waals surface area contributed by atoms with Crippen molar-refractivity contribution in [3.05, 3.63) is 22.8 Å². The van der Waals surface area contributed by atoms with Crippen LogP contribution in [-0.2, 0) is 6.18 Å². The number of nitrogens with one attached hydrogen (secondary N) is 1. The van der Waals surface area contributed by atoms with Crippen LogP contribution in [0.4, 0.5) is 19.0 Å². The van der Waals surface area contributed by atoms with Crippen molar-refractivity contribution in [3.63, 3.8) is 0 Å². The van der Waals surface area contributed by atoms with Gasteiger partial charge in [-0.3, -0.25) is 0 Å². The number of halogens is 4. The summed E-state index contributed by atoms with van der Waals surface area (Å²) in [5.41, 5.74) is -0.848. The van der Waals surface area contributed by atoms with Crippen LogP contribution in [0.25, 0.3) is 0 Å². The molecule has 1 aromatic rings. The van der Waals surface area contributed by atoms with Gasteiger partial charge in [0.05, 0.1) is 10.6 Å². The van der Waals surface area contributed by atoms with E-state index in [0.717, 1.165) is 12.3 Å². The summed E-state index contributed by atoms with van der Waals surface area (Å²) in [6, 6.07) is 0.888. The number of aromatic nitrogens is 1. The third-order valence-corrected chi connectivity index (χ3v) is 3.73. The number of pyridine rings is 1. The molecule has 0 fully saturated rings. The van der Waals surface area contributed by atoms with Gasteiger partial charge in [0.15, 0.2) is 0 Å². The zero-order chi connectivity index (χ0) is 14.8. The minimum Gasteiger partial charge on any atom is -0.368 e. The van der Waals surface area contributed by atoms with Crippen molar-refractivity contribution in [3.8, 4) is 0 Å². The molecule has 1 rings (SSSR count). The minimum absolute atomic E-state index is 0.00624. The molecule has 1 aromatic heterocycles. The SMILES string of the molecule is CC(C)C(C)(C)CNc1ncc(C(F)(F)F)cc1Cl. The maximum absolute atomic E-state index is 12.5. The van der Waals surface area contributed by atoms with E-state index in [9.17, 15) is 13.2 Å². The Morgan fingerprint density at radius 2 is 1.89 bits per heavy atom. The molecule has 0 radical (unpaired) electrons. The van der Waals surface area contributed by atoms with Crippen LogP contribution in [0.15, 0.2) is 12.3 Å². The van der Waals surface area contributed by atoms with Crippen LogP contribution in [-0.4, -0.2) is 11.5 Å². The van der Waals surface area contributed by atoms with Crippen molar-refractivity contribution in [2.75, 3.05) is 11.9 Å². The molecule has 108 valence electrons. The number of hydrogen-bond acceptors (Lipinski definition) is 2.